The van der Waals surface area contributed by atoms with Crippen LogP contribution in [0.3, 0.4) is 0 Å². The number of rotatable bonds is 3. The van der Waals surface area contributed by atoms with Gasteiger partial charge in [-0.05, 0) is 92.3 Å². The molecule has 4 rings (SSSR count). The summed E-state index contributed by atoms with van der Waals surface area (Å²) in [5.41, 5.74) is 0.360. The molecule has 9 atom stereocenters. The Bertz CT molecular complexity index is 777. The van der Waals surface area contributed by atoms with Gasteiger partial charge in [0.15, 0.2) is 0 Å². The van der Waals surface area contributed by atoms with Crippen molar-refractivity contribution in [2.45, 2.75) is 91.1 Å². The standard InChI is InChI=1S/C22H30N2O2.C4H7N/c1-21-8-6-19-20(18(21)4-3-15(21)12-24)14(11-23)9-16-10-17(26-13-25)5-7-22(16,19)2;1-2-3-4-5/h13-20H,3-10H2,1-2H3;2-3H2,1H3. The first-order valence-electron chi connectivity index (χ1n) is 12.1. The molecule has 4 aliphatic carbocycles. The average Bonchev–Trinajstić information content (AvgIpc) is 3.11. The van der Waals surface area contributed by atoms with Crippen molar-refractivity contribution >= 4 is 6.47 Å². The summed E-state index contributed by atoms with van der Waals surface area (Å²) in [6.07, 6.45) is 10.0. The molecule has 0 amide bonds. The van der Waals surface area contributed by atoms with Crippen LogP contribution in [0.5, 0.6) is 0 Å². The lowest BCUT2D eigenvalue weighted by Crippen LogP contribution is -2.56. The van der Waals surface area contributed by atoms with Crippen LogP contribution in [0, 0.1) is 80.3 Å². The van der Waals surface area contributed by atoms with Gasteiger partial charge in [0, 0.05) is 12.3 Å². The third-order valence-corrected chi connectivity index (χ3v) is 9.60. The van der Waals surface area contributed by atoms with Gasteiger partial charge < -0.3 is 4.74 Å². The molecule has 0 aromatic rings. The number of carbonyl (C=O) groups is 1. The van der Waals surface area contributed by atoms with Crippen molar-refractivity contribution in [3.8, 4) is 18.2 Å². The Morgan fingerprint density at radius 2 is 1.68 bits per heavy atom. The Labute approximate surface area is 187 Å². The van der Waals surface area contributed by atoms with Crippen LogP contribution in [0.2, 0.25) is 0 Å². The van der Waals surface area contributed by atoms with Crippen LogP contribution in [-0.4, -0.2) is 12.6 Å². The lowest BCUT2D eigenvalue weighted by molar-refractivity contribution is -0.155. The molecule has 0 aromatic heterocycles. The van der Waals surface area contributed by atoms with Crippen molar-refractivity contribution < 1.29 is 9.53 Å². The highest BCUT2D eigenvalue weighted by Gasteiger charge is 2.63. The fraction of sp³-hybridized carbons (Fsp3) is 0.846. The monoisotopic (exact) mass is 423 g/mol. The molecule has 0 aliphatic heterocycles. The predicted octanol–water partition coefficient (Wildman–Crippen LogP) is 5.77. The summed E-state index contributed by atoms with van der Waals surface area (Å²) in [6.45, 7) is 7.35. The van der Waals surface area contributed by atoms with Crippen molar-refractivity contribution in [3.05, 3.63) is 0 Å². The molecule has 4 aliphatic rings. The summed E-state index contributed by atoms with van der Waals surface area (Å²) in [4.78, 5) is 10.8. The van der Waals surface area contributed by atoms with Gasteiger partial charge in [-0.2, -0.15) is 15.8 Å². The lowest BCUT2D eigenvalue weighted by atomic mass is 9.42. The minimum Gasteiger partial charge on any atom is -0.465 e. The molecule has 31 heavy (non-hydrogen) atoms. The Morgan fingerprint density at radius 3 is 2.26 bits per heavy atom. The minimum absolute atomic E-state index is 0.0322. The zero-order valence-corrected chi connectivity index (χ0v) is 19.3. The molecule has 0 heterocycles. The summed E-state index contributed by atoms with van der Waals surface area (Å²) in [7, 11) is 0. The van der Waals surface area contributed by atoms with E-state index in [4.69, 9.17) is 10.00 Å². The Morgan fingerprint density at radius 1 is 0.968 bits per heavy atom. The number of nitrogens with zero attached hydrogens (tertiary/aromatic N) is 3. The number of carbonyl (C=O) groups excluding carboxylic acids is 1. The zero-order chi connectivity index (χ0) is 22.6. The fourth-order valence-corrected chi connectivity index (χ4v) is 7.89. The highest BCUT2D eigenvalue weighted by atomic mass is 16.5. The molecule has 0 aromatic carbocycles. The maximum Gasteiger partial charge on any atom is 0.293 e. The van der Waals surface area contributed by atoms with Crippen molar-refractivity contribution in [1.82, 2.24) is 0 Å². The molecule has 4 saturated carbocycles. The van der Waals surface area contributed by atoms with Gasteiger partial charge in [0.25, 0.3) is 6.47 Å². The first-order chi connectivity index (χ1) is 14.9. The molecular formula is C26H37N3O2. The number of nitriles is 3. The third-order valence-electron chi connectivity index (χ3n) is 9.60. The third kappa shape index (κ3) is 4.07. The predicted molar refractivity (Wildman–Crippen MR) is 117 cm³/mol. The molecule has 9 unspecified atom stereocenters. The van der Waals surface area contributed by atoms with E-state index >= 15 is 0 Å². The van der Waals surface area contributed by atoms with Gasteiger partial charge in [-0.25, -0.2) is 0 Å². The van der Waals surface area contributed by atoms with Gasteiger partial charge in [-0.1, -0.05) is 20.8 Å². The maximum atomic E-state index is 10.8. The summed E-state index contributed by atoms with van der Waals surface area (Å²) in [5.74, 6) is 2.28. The van der Waals surface area contributed by atoms with E-state index in [-0.39, 0.29) is 28.8 Å². The second kappa shape index (κ2) is 9.61. The molecule has 0 N–H and O–H groups in total. The number of unbranched alkanes of at least 4 members (excludes halogenated alkanes) is 1. The minimum atomic E-state index is 0.0322. The largest absolute Gasteiger partial charge is 0.465 e. The summed E-state index contributed by atoms with van der Waals surface area (Å²) >= 11 is 0. The van der Waals surface area contributed by atoms with Crippen molar-refractivity contribution in [3.63, 3.8) is 0 Å². The Balaban J connectivity index is 0.000000491. The van der Waals surface area contributed by atoms with E-state index in [0.29, 0.717) is 36.6 Å². The number of hydrogen-bond donors (Lipinski definition) is 0. The van der Waals surface area contributed by atoms with E-state index in [1.54, 1.807) is 0 Å². The van der Waals surface area contributed by atoms with Gasteiger partial charge >= 0.3 is 0 Å². The van der Waals surface area contributed by atoms with Gasteiger partial charge in [0.2, 0.25) is 0 Å². The summed E-state index contributed by atoms with van der Waals surface area (Å²) in [6, 6.07) is 7.27. The van der Waals surface area contributed by atoms with E-state index in [9.17, 15) is 15.3 Å². The van der Waals surface area contributed by atoms with Gasteiger partial charge in [-0.15, -0.1) is 0 Å². The van der Waals surface area contributed by atoms with Crippen LogP contribution in [0.4, 0.5) is 0 Å². The summed E-state index contributed by atoms with van der Waals surface area (Å²) < 4.78 is 5.30. The maximum absolute atomic E-state index is 10.8. The van der Waals surface area contributed by atoms with Crippen LogP contribution in [-0.2, 0) is 9.53 Å². The zero-order valence-electron chi connectivity index (χ0n) is 19.3. The molecule has 0 spiro atoms. The molecule has 0 saturated heterocycles. The molecule has 0 bridgehead atoms. The number of ether oxygens (including phenoxy) is 1. The van der Waals surface area contributed by atoms with E-state index in [2.05, 4.69) is 26.0 Å². The van der Waals surface area contributed by atoms with Crippen LogP contribution < -0.4 is 0 Å². The van der Waals surface area contributed by atoms with Crippen LogP contribution in [0.25, 0.3) is 0 Å². The number of fused-ring (bicyclic) bond motifs is 5. The SMILES string of the molecule is CC12CCC3C(C(C#N)CC4CC(OC=O)CCC43C)C1CCC2C#N.CCCC#N. The Kier molecular flexibility index (Phi) is 7.31. The second-order valence-electron chi connectivity index (χ2n) is 10.8. The van der Waals surface area contributed by atoms with E-state index < -0.39 is 0 Å². The molecule has 5 nitrogen and oxygen atoms in total. The lowest BCUT2D eigenvalue weighted by Gasteiger charge is -2.61. The molecule has 5 heteroatoms. The summed E-state index contributed by atoms with van der Waals surface area (Å²) in [5, 5.41) is 27.5. The van der Waals surface area contributed by atoms with Crippen molar-refractivity contribution in [1.29, 1.82) is 15.8 Å². The Hall–Kier alpha value is -2.06. The number of hydrogen-bond acceptors (Lipinski definition) is 5. The van der Waals surface area contributed by atoms with Crippen LogP contribution >= 0.6 is 0 Å². The fourth-order valence-electron chi connectivity index (χ4n) is 7.89. The van der Waals surface area contributed by atoms with Crippen molar-refractivity contribution in [2.75, 3.05) is 0 Å². The van der Waals surface area contributed by atoms with Crippen LogP contribution in [0.15, 0.2) is 0 Å². The van der Waals surface area contributed by atoms with E-state index in [1.165, 1.54) is 0 Å². The highest BCUT2D eigenvalue weighted by molar-refractivity contribution is 5.37. The van der Waals surface area contributed by atoms with Gasteiger partial charge in [-0.3, -0.25) is 4.79 Å². The first-order valence-corrected chi connectivity index (χ1v) is 12.1. The van der Waals surface area contributed by atoms with E-state index in [1.807, 2.05) is 13.0 Å². The second-order valence-corrected chi connectivity index (χ2v) is 10.8. The normalized spacial score (nSPS) is 45.1. The van der Waals surface area contributed by atoms with E-state index in [0.717, 1.165) is 57.8 Å². The quantitative estimate of drug-likeness (QED) is 0.537. The topological polar surface area (TPSA) is 97.7 Å². The molecule has 4 fully saturated rings. The average molecular weight is 424 g/mol. The smallest absolute Gasteiger partial charge is 0.293 e. The van der Waals surface area contributed by atoms with Crippen molar-refractivity contribution in [2.24, 2.45) is 46.3 Å². The molecule has 0 radical (unpaired) electrons. The van der Waals surface area contributed by atoms with Crippen LogP contribution in [0.1, 0.15) is 85.0 Å². The highest BCUT2D eigenvalue weighted by Crippen LogP contribution is 2.68. The van der Waals surface area contributed by atoms with Gasteiger partial charge in [0.1, 0.15) is 6.10 Å². The van der Waals surface area contributed by atoms with Gasteiger partial charge in [0.05, 0.1) is 24.1 Å². The first kappa shape index (κ1) is 23.6. The molecule has 168 valence electrons. The molecular weight excluding hydrogens is 386 g/mol.